The predicted octanol–water partition coefficient (Wildman–Crippen LogP) is 7.11. The first-order chi connectivity index (χ1) is 14.8. The van der Waals surface area contributed by atoms with Gasteiger partial charge in [0.2, 0.25) is 5.69 Å². The lowest BCUT2D eigenvalue weighted by Crippen LogP contribution is -1.94. The fourth-order valence-corrected chi connectivity index (χ4v) is 4.35. The molecule has 0 radical (unpaired) electrons. The second-order valence-electron chi connectivity index (χ2n) is 7.21. The molecule has 0 saturated carbocycles. The van der Waals surface area contributed by atoms with Gasteiger partial charge in [0.05, 0.1) is 29.2 Å². The molecule has 0 aliphatic rings. The first kappa shape index (κ1) is 16.4. The number of nitrogens with zero attached hydrogens (tertiary/aromatic N) is 3. The highest BCUT2D eigenvalue weighted by molar-refractivity contribution is 6.21. The molecule has 0 unspecified atom stereocenters. The Bertz CT molecular complexity index is 1720. The summed E-state index contributed by atoms with van der Waals surface area (Å²) in [6.07, 6.45) is 0. The highest BCUT2D eigenvalue weighted by atomic mass is 16.3. The Morgan fingerprint density at radius 3 is 2.43 bits per heavy atom. The Morgan fingerprint density at radius 1 is 0.833 bits per heavy atom. The minimum atomic E-state index is 0.357. The van der Waals surface area contributed by atoms with Crippen LogP contribution in [0.1, 0.15) is 5.56 Å². The van der Waals surface area contributed by atoms with Crippen molar-refractivity contribution in [2.45, 2.75) is 0 Å². The van der Waals surface area contributed by atoms with E-state index in [2.05, 4.69) is 45.8 Å². The van der Waals surface area contributed by atoms with Crippen molar-refractivity contribution < 1.29 is 4.42 Å². The van der Waals surface area contributed by atoms with Gasteiger partial charge in [-0.05, 0) is 30.3 Å². The predicted molar refractivity (Wildman–Crippen MR) is 119 cm³/mol. The number of furan rings is 1. The van der Waals surface area contributed by atoms with Crippen LogP contribution in [0.4, 0.5) is 5.69 Å². The van der Waals surface area contributed by atoms with Crippen molar-refractivity contribution in [2.75, 3.05) is 0 Å². The molecule has 138 valence electrons. The molecule has 4 heteroatoms. The van der Waals surface area contributed by atoms with E-state index in [4.69, 9.17) is 11.0 Å². The number of hydrogen-bond donors (Lipinski definition) is 0. The lowest BCUT2D eigenvalue weighted by atomic mass is 10.1. The monoisotopic (exact) mass is 383 g/mol. The summed E-state index contributed by atoms with van der Waals surface area (Å²) in [7, 11) is 0. The highest BCUT2D eigenvalue weighted by Crippen LogP contribution is 2.40. The van der Waals surface area contributed by atoms with Gasteiger partial charge in [-0.25, -0.2) is 4.85 Å². The molecule has 30 heavy (non-hydrogen) atoms. The molecule has 0 N–H and O–H groups in total. The van der Waals surface area contributed by atoms with Crippen molar-refractivity contribution >= 4 is 49.4 Å². The van der Waals surface area contributed by atoms with Crippen LogP contribution in [0.3, 0.4) is 0 Å². The molecule has 0 atom stereocenters. The maximum absolute atomic E-state index is 9.54. The Labute approximate surface area is 171 Å². The Kier molecular flexibility index (Phi) is 3.27. The van der Waals surface area contributed by atoms with E-state index in [0.29, 0.717) is 11.3 Å². The van der Waals surface area contributed by atoms with E-state index in [-0.39, 0.29) is 0 Å². The molecule has 0 aliphatic heterocycles. The van der Waals surface area contributed by atoms with E-state index in [1.54, 1.807) is 12.1 Å². The maximum Gasteiger partial charge on any atom is 0.204 e. The zero-order valence-corrected chi connectivity index (χ0v) is 15.8. The van der Waals surface area contributed by atoms with Gasteiger partial charge < -0.3 is 8.98 Å². The maximum atomic E-state index is 9.54. The van der Waals surface area contributed by atoms with Gasteiger partial charge in [-0.2, -0.15) is 5.26 Å². The third-order valence-corrected chi connectivity index (χ3v) is 5.66. The van der Waals surface area contributed by atoms with Gasteiger partial charge in [0.1, 0.15) is 5.58 Å². The van der Waals surface area contributed by atoms with Gasteiger partial charge in [-0.3, -0.25) is 0 Å². The molecule has 6 rings (SSSR count). The fraction of sp³-hybridized carbons (Fsp3) is 0. The summed E-state index contributed by atoms with van der Waals surface area (Å²) in [4.78, 5) is 3.47. The first-order valence-corrected chi connectivity index (χ1v) is 9.55. The normalized spacial score (nSPS) is 11.3. The van der Waals surface area contributed by atoms with Crippen molar-refractivity contribution in [2.24, 2.45) is 0 Å². The molecule has 2 heterocycles. The van der Waals surface area contributed by atoms with Crippen LogP contribution in [0.2, 0.25) is 0 Å². The van der Waals surface area contributed by atoms with Gasteiger partial charge in [0.25, 0.3) is 0 Å². The average Bonchev–Trinajstić information content (AvgIpc) is 3.34. The van der Waals surface area contributed by atoms with E-state index in [1.807, 2.05) is 36.4 Å². The zero-order chi connectivity index (χ0) is 20.2. The minimum Gasteiger partial charge on any atom is -0.454 e. The quantitative estimate of drug-likeness (QED) is 0.284. The molecule has 0 amide bonds. The summed E-state index contributed by atoms with van der Waals surface area (Å²) in [5.41, 5.74) is 5.21. The minimum absolute atomic E-state index is 0.357. The van der Waals surface area contributed by atoms with Crippen LogP contribution in [0.5, 0.6) is 0 Å². The Morgan fingerprint density at radius 2 is 1.60 bits per heavy atom. The summed E-state index contributed by atoms with van der Waals surface area (Å²) in [5.74, 6) is 0. The third-order valence-electron chi connectivity index (χ3n) is 5.66. The van der Waals surface area contributed by atoms with Crippen LogP contribution in [-0.4, -0.2) is 4.57 Å². The number of aromatic nitrogens is 1. The van der Waals surface area contributed by atoms with E-state index in [0.717, 1.165) is 49.4 Å². The van der Waals surface area contributed by atoms with Crippen molar-refractivity contribution in [3.8, 4) is 11.8 Å². The molecule has 0 spiro atoms. The summed E-state index contributed by atoms with van der Waals surface area (Å²) in [5, 5.41) is 13.9. The number of rotatable bonds is 1. The molecule has 4 nitrogen and oxygen atoms in total. The number of fused-ring (bicyclic) bond motifs is 7. The van der Waals surface area contributed by atoms with Crippen LogP contribution in [0.15, 0.2) is 83.3 Å². The van der Waals surface area contributed by atoms with Crippen LogP contribution in [0.25, 0.3) is 54.3 Å². The van der Waals surface area contributed by atoms with Gasteiger partial charge in [0.15, 0.2) is 5.58 Å². The molecule has 0 bridgehead atoms. The fourth-order valence-electron chi connectivity index (χ4n) is 4.35. The van der Waals surface area contributed by atoms with E-state index in [9.17, 15) is 5.26 Å². The number of para-hydroxylation sites is 2. The van der Waals surface area contributed by atoms with Crippen molar-refractivity contribution in [3.05, 3.63) is 95.8 Å². The Balaban J connectivity index is 1.84. The van der Waals surface area contributed by atoms with E-state index in [1.165, 1.54) is 0 Å². The molecule has 6 aromatic rings. The summed E-state index contributed by atoms with van der Waals surface area (Å²) in [6.45, 7) is 7.32. The lowest BCUT2D eigenvalue weighted by molar-refractivity contribution is 0.671. The van der Waals surface area contributed by atoms with Gasteiger partial charge >= 0.3 is 0 Å². The van der Waals surface area contributed by atoms with E-state index >= 15 is 0 Å². The number of benzene rings is 4. The second-order valence-corrected chi connectivity index (χ2v) is 7.21. The second kappa shape index (κ2) is 5.98. The highest BCUT2D eigenvalue weighted by Gasteiger charge is 2.19. The molecule has 0 aliphatic carbocycles. The zero-order valence-electron chi connectivity index (χ0n) is 15.8. The standard InChI is InChI=1S/C26H13N3O/c1-28-22-13-10-17(14-16(22)15-27)29-23-8-4-2-6-18(23)20-11-12-21-19-7-3-5-9-24(19)30-26(21)25(20)29/h2-14H. The lowest BCUT2D eigenvalue weighted by Gasteiger charge is -2.09. The first-order valence-electron chi connectivity index (χ1n) is 9.55. The largest absolute Gasteiger partial charge is 0.454 e. The number of hydrogen-bond acceptors (Lipinski definition) is 2. The van der Waals surface area contributed by atoms with E-state index < -0.39 is 0 Å². The van der Waals surface area contributed by atoms with Crippen molar-refractivity contribution in [3.63, 3.8) is 0 Å². The van der Waals surface area contributed by atoms with Crippen LogP contribution >= 0.6 is 0 Å². The average molecular weight is 383 g/mol. The van der Waals surface area contributed by atoms with Crippen LogP contribution < -0.4 is 0 Å². The summed E-state index contributed by atoms with van der Waals surface area (Å²) in [6, 6.07) is 28.0. The molecule has 0 saturated heterocycles. The smallest absolute Gasteiger partial charge is 0.204 e. The van der Waals surface area contributed by atoms with Crippen LogP contribution in [0, 0.1) is 17.9 Å². The third kappa shape index (κ3) is 2.08. The van der Waals surface area contributed by atoms with Crippen LogP contribution in [-0.2, 0) is 0 Å². The van der Waals surface area contributed by atoms with Crippen molar-refractivity contribution in [1.29, 1.82) is 5.26 Å². The van der Waals surface area contributed by atoms with Gasteiger partial charge in [-0.15, -0.1) is 0 Å². The molecular formula is C26H13N3O. The molecular weight excluding hydrogens is 370 g/mol. The van der Waals surface area contributed by atoms with Gasteiger partial charge in [0, 0.05) is 27.2 Å². The van der Waals surface area contributed by atoms with Gasteiger partial charge in [-0.1, -0.05) is 48.5 Å². The topological polar surface area (TPSA) is 46.2 Å². The summed E-state index contributed by atoms with van der Waals surface area (Å²) < 4.78 is 8.45. The molecule has 2 aromatic heterocycles. The SMILES string of the molecule is [C-]#[N+]c1ccc(-n2c3ccccc3c3ccc4c5ccccc5oc4c32)cc1C#N. The molecule has 4 aromatic carbocycles. The Hall–Kier alpha value is -4.54. The number of nitriles is 1. The molecule has 0 fully saturated rings. The summed E-state index contributed by atoms with van der Waals surface area (Å²) >= 11 is 0. The van der Waals surface area contributed by atoms with Crippen molar-refractivity contribution in [1.82, 2.24) is 4.57 Å².